The minimum atomic E-state index is -1.32. The van der Waals surface area contributed by atoms with E-state index in [9.17, 15) is 9.59 Å². The van der Waals surface area contributed by atoms with Gasteiger partial charge in [-0.3, -0.25) is 9.69 Å². The van der Waals surface area contributed by atoms with Crippen LogP contribution in [0.5, 0.6) is 11.5 Å². The van der Waals surface area contributed by atoms with E-state index in [1.165, 1.54) is 0 Å². The normalized spacial score (nSPS) is 22.5. The van der Waals surface area contributed by atoms with Crippen LogP contribution in [0.2, 0.25) is 0 Å². The van der Waals surface area contributed by atoms with Gasteiger partial charge < -0.3 is 20.1 Å². The third-order valence-electron chi connectivity index (χ3n) is 6.99. The summed E-state index contributed by atoms with van der Waals surface area (Å²) in [4.78, 5) is 29.0. The van der Waals surface area contributed by atoms with E-state index in [1.807, 2.05) is 81.4 Å². The third kappa shape index (κ3) is 3.58. The first-order chi connectivity index (χ1) is 16.7. The first-order valence-corrected chi connectivity index (χ1v) is 11.6. The van der Waals surface area contributed by atoms with Crippen LogP contribution in [-0.4, -0.2) is 24.8 Å². The standard InChI is InChI=1S/C28H29N3O4/c1-16-13-14-20(18(3)15-16)29-26(32)23-24-19-10-8-12-22(34-5)25(19)35-28(23,4)31(27(33)30-24)21-11-7-6-9-17(21)2/h6-15,23-24H,1-5H3,(H,29,32)(H,30,33)/t23-,24-,28+/m1/s1. The molecule has 3 aromatic rings. The van der Waals surface area contributed by atoms with Gasteiger partial charge in [0.15, 0.2) is 11.5 Å². The highest BCUT2D eigenvalue weighted by atomic mass is 16.5. The number of amides is 3. The molecule has 0 saturated carbocycles. The molecule has 2 aliphatic rings. The second-order valence-corrected chi connectivity index (χ2v) is 9.37. The van der Waals surface area contributed by atoms with Crippen molar-refractivity contribution < 1.29 is 19.1 Å². The number of ether oxygens (including phenoxy) is 2. The lowest BCUT2D eigenvalue weighted by Crippen LogP contribution is -2.72. The van der Waals surface area contributed by atoms with Gasteiger partial charge in [-0.25, -0.2) is 4.79 Å². The van der Waals surface area contributed by atoms with Crippen molar-refractivity contribution in [2.45, 2.75) is 39.5 Å². The van der Waals surface area contributed by atoms with Crippen molar-refractivity contribution in [1.82, 2.24) is 5.32 Å². The molecule has 1 saturated heterocycles. The first kappa shape index (κ1) is 22.8. The van der Waals surface area contributed by atoms with Crippen LogP contribution in [0, 0.1) is 26.7 Å². The van der Waals surface area contributed by atoms with E-state index in [-0.39, 0.29) is 11.9 Å². The number of urea groups is 1. The van der Waals surface area contributed by atoms with Gasteiger partial charge in [0.25, 0.3) is 0 Å². The topological polar surface area (TPSA) is 79.9 Å². The molecular formula is C28H29N3O4. The Kier molecular flexibility index (Phi) is 5.43. The number of nitrogens with zero attached hydrogens (tertiary/aromatic N) is 1. The number of carbonyl (C=O) groups is 2. The van der Waals surface area contributed by atoms with Crippen LogP contribution in [0.15, 0.2) is 60.7 Å². The van der Waals surface area contributed by atoms with Crippen molar-refractivity contribution in [3.63, 3.8) is 0 Å². The van der Waals surface area contributed by atoms with Gasteiger partial charge in [0.2, 0.25) is 11.6 Å². The Morgan fingerprint density at radius 2 is 1.83 bits per heavy atom. The number of anilines is 2. The molecule has 0 aliphatic carbocycles. The van der Waals surface area contributed by atoms with Crippen molar-refractivity contribution in [3.8, 4) is 11.5 Å². The van der Waals surface area contributed by atoms with Gasteiger partial charge in [-0.05, 0) is 57.0 Å². The molecule has 0 radical (unpaired) electrons. The Bertz CT molecular complexity index is 1340. The van der Waals surface area contributed by atoms with Gasteiger partial charge in [0.1, 0.15) is 5.92 Å². The second-order valence-electron chi connectivity index (χ2n) is 9.37. The van der Waals surface area contributed by atoms with Crippen LogP contribution in [0.3, 0.4) is 0 Å². The fourth-order valence-electron chi connectivity index (χ4n) is 5.27. The van der Waals surface area contributed by atoms with Crippen molar-refractivity contribution in [3.05, 3.63) is 82.9 Å². The molecule has 3 atom stereocenters. The fraction of sp³-hybridized carbons (Fsp3) is 0.286. The van der Waals surface area contributed by atoms with Crippen LogP contribution >= 0.6 is 0 Å². The zero-order valence-electron chi connectivity index (χ0n) is 20.5. The summed E-state index contributed by atoms with van der Waals surface area (Å²) in [7, 11) is 1.58. The minimum absolute atomic E-state index is 0.239. The van der Waals surface area contributed by atoms with E-state index in [2.05, 4.69) is 10.6 Å². The number of fused-ring (bicyclic) bond motifs is 4. The quantitative estimate of drug-likeness (QED) is 0.544. The highest BCUT2D eigenvalue weighted by molar-refractivity contribution is 6.02. The Morgan fingerprint density at radius 1 is 1.06 bits per heavy atom. The molecule has 7 nitrogen and oxygen atoms in total. The van der Waals surface area contributed by atoms with E-state index in [4.69, 9.17) is 9.47 Å². The molecule has 35 heavy (non-hydrogen) atoms. The highest BCUT2D eigenvalue weighted by Crippen LogP contribution is 2.52. The van der Waals surface area contributed by atoms with Crippen LogP contribution in [0.1, 0.15) is 35.2 Å². The molecule has 0 unspecified atom stereocenters. The number of carbonyl (C=O) groups excluding carboxylic acids is 2. The van der Waals surface area contributed by atoms with Gasteiger partial charge in [0.05, 0.1) is 18.8 Å². The van der Waals surface area contributed by atoms with Crippen molar-refractivity contribution in [2.75, 3.05) is 17.3 Å². The molecular weight excluding hydrogens is 442 g/mol. The SMILES string of the molecule is COc1cccc2c1O[C@@]1(C)[C@@H](C(=O)Nc3ccc(C)cc3C)[C@@H]2NC(=O)N1c1ccccc1C. The lowest BCUT2D eigenvalue weighted by atomic mass is 9.78. The largest absolute Gasteiger partial charge is 0.493 e. The molecule has 3 aromatic carbocycles. The Balaban J connectivity index is 1.66. The molecule has 180 valence electrons. The lowest BCUT2D eigenvalue weighted by molar-refractivity contribution is -0.131. The molecule has 2 aliphatic heterocycles. The van der Waals surface area contributed by atoms with Gasteiger partial charge in [0, 0.05) is 11.3 Å². The van der Waals surface area contributed by atoms with Gasteiger partial charge in [-0.1, -0.05) is 48.0 Å². The highest BCUT2D eigenvalue weighted by Gasteiger charge is 2.61. The third-order valence-corrected chi connectivity index (χ3v) is 6.99. The zero-order chi connectivity index (χ0) is 24.9. The fourth-order valence-corrected chi connectivity index (χ4v) is 5.27. The Hall–Kier alpha value is -4.00. The average Bonchev–Trinajstić information content (AvgIpc) is 2.81. The number of nitrogens with one attached hydrogen (secondary N) is 2. The van der Waals surface area contributed by atoms with Crippen molar-refractivity contribution >= 4 is 23.3 Å². The number of benzene rings is 3. The zero-order valence-corrected chi connectivity index (χ0v) is 20.5. The number of aryl methyl sites for hydroxylation is 3. The molecule has 2 heterocycles. The predicted molar refractivity (Wildman–Crippen MR) is 135 cm³/mol. The molecule has 5 rings (SSSR count). The monoisotopic (exact) mass is 471 g/mol. The first-order valence-electron chi connectivity index (χ1n) is 11.6. The van der Waals surface area contributed by atoms with E-state index >= 15 is 0 Å². The smallest absolute Gasteiger partial charge is 0.325 e. The number of para-hydroxylation sites is 2. The van der Waals surface area contributed by atoms with Gasteiger partial charge in [-0.2, -0.15) is 0 Å². The number of rotatable bonds is 4. The summed E-state index contributed by atoms with van der Waals surface area (Å²) in [5.74, 6) is 0.0844. The maximum absolute atomic E-state index is 14.0. The van der Waals surface area contributed by atoms with E-state index in [0.29, 0.717) is 22.7 Å². The molecule has 3 amide bonds. The Labute approximate surface area is 205 Å². The van der Waals surface area contributed by atoms with Crippen molar-refractivity contribution in [2.24, 2.45) is 5.92 Å². The van der Waals surface area contributed by atoms with Crippen molar-refractivity contribution in [1.29, 1.82) is 0 Å². The molecule has 0 spiro atoms. The number of hydrogen-bond acceptors (Lipinski definition) is 4. The van der Waals surface area contributed by atoms with E-state index in [1.54, 1.807) is 18.9 Å². The summed E-state index contributed by atoms with van der Waals surface area (Å²) in [6.07, 6.45) is 0. The number of hydrogen-bond donors (Lipinski definition) is 2. The Morgan fingerprint density at radius 3 is 2.54 bits per heavy atom. The van der Waals surface area contributed by atoms with E-state index < -0.39 is 17.7 Å². The summed E-state index contributed by atoms with van der Waals surface area (Å²) >= 11 is 0. The lowest BCUT2D eigenvalue weighted by Gasteiger charge is -2.54. The van der Waals surface area contributed by atoms with Crippen LogP contribution < -0.4 is 25.0 Å². The second kappa shape index (κ2) is 8.34. The van der Waals surface area contributed by atoms with Crippen LogP contribution in [0.4, 0.5) is 16.2 Å². The van der Waals surface area contributed by atoms with E-state index in [0.717, 1.165) is 22.4 Å². The number of methoxy groups -OCH3 is 1. The molecule has 2 bridgehead atoms. The summed E-state index contributed by atoms with van der Waals surface area (Å²) in [6, 6.07) is 18.1. The summed E-state index contributed by atoms with van der Waals surface area (Å²) in [6.45, 7) is 7.70. The minimum Gasteiger partial charge on any atom is -0.493 e. The maximum Gasteiger partial charge on any atom is 0.325 e. The summed E-state index contributed by atoms with van der Waals surface area (Å²) in [5.41, 5.74) is 3.77. The summed E-state index contributed by atoms with van der Waals surface area (Å²) < 4.78 is 12.2. The van der Waals surface area contributed by atoms with Crippen LogP contribution in [0.25, 0.3) is 0 Å². The summed E-state index contributed by atoms with van der Waals surface area (Å²) in [5, 5.41) is 6.18. The molecule has 7 heteroatoms. The predicted octanol–water partition coefficient (Wildman–Crippen LogP) is 5.25. The van der Waals surface area contributed by atoms with Crippen LogP contribution in [-0.2, 0) is 4.79 Å². The van der Waals surface area contributed by atoms with Gasteiger partial charge >= 0.3 is 6.03 Å². The maximum atomic E-state index is 14.0. The van der Waals surface area contributed by atoms with Gasteiger partial charge in [-0.15, -0.1) is 0 Å². The average molecular weight is 472 g/mol. The molecule has 2 N–H and O–H groups in total. The molecule has 1 fully saturated rings. The molecule has 0 aromatic heterocycles.